The SMILES string of the molecule is Cl.NC1CC1NS(=O)(=O)c1ccccn1. The van der Waals surface area contributed by atoms with Crippen LogP contribution in [0.5, 0.6) is 0 Å². The summed E-state index contributed by atoms with van der Waals surface area (Å²) in [6.45, 7) is 0. The Morgan fingerprint density at radius 3 is 2.60 bits per heavy atom. The predicted octanol–water partition coefficient (Wildman–Crippen LogP) is -0.119. The molecule has 3 N–H and O–H groups in total. The van der Waals surface area contributed by atoms with Gasteiger partial charge in [-0.2, -0.15) is 0 Å². The zero-order chi connectivity index (χ0) is 10.2. The van der Waals surface area contributed by atoms with E-state index in [4.69, 9.17) is 5.73 Å². The molecule has 1 heterocycles. The minimum absolute atomic E-state index is 0. The lowest BCUT2D eigenvalue weighted by molar-refractivity contribution is 0.576. The third-order valence-electron chi connectivity index (χ3n) is 2.06. The van der Waals surface area contributed by atoms with Crippen LogP contribution in [0.25, 0.3) is 0 Å². The van der Waals surface area contributed by atoms with Crippen LogP contribution in [0.4, 0.5) is 0 Å². The normalized spacial score (nSPS) is 24.3. The molecule has 1 aromatic rings. The predicted molar refractivity (Wildman–Crippen MR) is 58.2 cm³/mol. The fraction of sp³-hybridized carbons (Fsp3) is 0.375. The lowest BCUT2D eigenvalue weighted by atomic mass is 10.5. The number of hydrogen-bond acceptors (Lipinski definition) is 4. The number of nitrogens with zero attached hydrogens (tertiary/aromatic N) is 1. The maximum absolute atomic E-state index is 11.6. The van der Waals surface area contributed by atoms with E-state index < -0.39 is 10.0 Å². The van der Waals surface area contributed by atoms with Crippen LogP contribution in [-0.2, 0) is 10.0 Å². The highest BCUT2D eigenvalue weighted by molar-refractivity contribution is 7.89. The van der Waals surface area contributed by atoms with Gasteiger partial charge in [-0.15, -0.1) is 12.4 Å². The van der Waals surface area contributed by atoms with Gasteiger partial charge in [0.05, 0.1) is 0 Å². The van der Waals surface area contributed by atoms with Gasteiger partial charge >= 0.3 is 0 Å². The quantitative estimate of drug-likeness (QED) is 0.782. The fourth-order valence-corrected chi connectivity index (χ4v) is 2.36. The Balaban J connectivity index is 0.00000112. The average Bonchev–Trinajstić information content (AvgIpc) is 2.82. The molecule has 0 amide bonds. The first-order valence-corrected chi connectivity index (χ1v) is 5.77. The number of hydrogen-bond donors (Lipinski definition) is 2. The van der Waals surface area contributed by atoms with Crippen LogP contribution in [0.3, 0.4) is 0 Å². The first-order valence-electron chi connectivity index (χ1n) is 4.28. The number of rotatable bonds is 3. The molecular weight excluding hydrogens is 238 g/mol. The smallest absolute Gasteiger partial charge is 0.258 e. The van der Waals surface area contributed by atoms with Gasteiger partial charge in [0.25, 0.3) is 10.0 Å². The van der Waals surface area contributed by atoms with Crippen LogP contribution in [0.15, 0.2) is 29.4 Å². The maximum Gasteiger partial charge on any atom is 0.258 e. The van der Waals surface area contributed by atoms with Crippen molar-refractivity contribution in [2.24, 2.45) is 5.73 Å². The zero-order valence-corrected chi connectivity index (χ0v) is 9.46. The molecule has 0 radical (unpaired) electrons. The molecule has 1 aliphatic carbocycles. The summed E-state index contributed by atoms with van der Waals surface area (Å²) in [6, 6.07) is 4.59. The van der Waals surface area contributed by atoms with E-state index in [1.54, 1.807) is 12.1 Å². The highest BCUT2D eigenvalue weighted by Crippen LogP contribution is 2.20. The van der Waals surface area contributed by atoms with E-state index in [-0.39, 0.29) is 29.5 Å². The molecule has 15 heavy (non-hydrogen) atoms. The third kappa shape index (κ3) is 2.88. The van der Waals surface area contributed by atoms with Crippen molar-refractivity contribution in [2.45, 2.75) is 23.5 Å². The first kappa shape index (κ1) is 12.4. The summed E-state index contributed by atoms with van der Waals surface area (Å²) in [7, 11) is -3.47. The van der Waals surface area contributed by atoms with Crippen molar-refractivity contribution < 1.29 is 8.42 Å². The van der Waals surface area contributed by atoms with Crippen LogP contribution < -0.4 is 10.5 Å². The lowest BCUT2D eigenvalue weighted by Crippen LogP contribution is -2.30. The Bertz CT molecular complexity index is 423. The number of sulfonamides is 1. The molecule has 1 saturated carbocycles. The molecule has 1 fully saturated rings. The van der Waals surface area contributed by atoms with Crippen molar-refractivity contribution in [1.29, 1.82) is 0 Å². The summed E-state index contributed by atoms with van der Waals surface area (Å²) in [4.78, 5) is 3.77. The van der Waals surface area contributed by atoms with E-state index in [1.165, 1.54) is 12.3 Å². The summed E-state index contributed by atoms with van der Waals surface area (Å²) in [5, 5.41) is 0.0408. The Labute approximate surface area is 94.5 Å². The Kier molecular flexibility index (Phi) is 3.67. The fourth-order valence-electron chi connectivity index (χ4n) is 1.12. The van der Waals surface area contributed by atoms with Crippen molar-refractivity contribution in [1.82, 2.24) is 9.71 Å². The van der Waals surface area contributed by atoms with E-state index >= 15 is 0 Å². The molecule has 0 aliphatic heterocycles. The number of nitrogens with one attached hydrogen (secondary N) is 1. The van der Waals surface area contributed by atoms with Crippen molar-refractivity contribution in [3.63, 3.8) is 0 Å². The average molecular weight is 250 g/mol. The summed E-state index contributed by atoms with van der Waals surface area (Å²) < 4.78 is 25.7. The summed E-state index contributed by atoms with van der Waals surface area (Å²) in [5.74, 6) is 0. The monoisotopic (exact) mass is 249 g/mol. The molecule has 84 valence electrons. The summed E-state index contributed by atoms with van der Waals surface area (Å²) in [6.07, 6.45) is 2.15. The van der Waals surface area contributed by atoms with E-state index in [1.807, 2.05) is 0 Å². The molecular formula is C8H12ClN3O2S. The molecule has 0 aromatic carbocycles. The first-order chi connectivity index (χ1) is 6.59. The second-order valence-corrected chi connectivity index (χ2v) is 4.96. The van der Waals surface area contributed by atoms with E-state index in [0.29, 0.717) is 6.42 Å². The van der Waals surface area contributed by atoms with E-state index in [2.05, 4.69) is 9.71 Å². The van der Waals surface area contributed by atoms with Crippen LogP contribution in [0, 0.1) is 0 Å². The van der Waals surface area contributed by atoms with Crippen LogP contribution in [0.2, 0.25) is 0 Å². The summed E-state index contributed by atoms with van der Waals surface area (Å²) in [5.41, 5.74) is 5.50. The maximum atomic E-state index is 11.6. The van der Waals surface area contributed by atoms with Crippen LogP contribution >= 0.6 is 12.4 Å². The van der Waals surface area contributed by atoms with Gasteiger partial charge in [0.2, 0.25) is 0 Å². The van der Waals surface area contributed by atoms with Crippen LogP contribution in [0.1, 0.15) is 6.42 Å². The molecule has 2 rings (SSSR count). The van der Waals surface area contributed by atoms with Gasteiger partial charge in [0, 0.05) is 18.3 Å². The van der Waals surface area contributed by atoms with Crippen LogP contribution in [-0.4, -0.2) is 25.5 Å². The van der Waals surface area contributed by atoms with Gasteiger partial charge < -0.3 is 5.73 Å². The highest BCUT2D eigenvalue weighted by atomic mass is 35.5. The van der Waals surface area contributed by atoms with E-state index in [9.17, 15) is 8.42 Å². The topological polar surface area (TPSA) is 85.1 Å². The number of pyridine rings is 1. The molecule has 7 heteroatoms. The molecule has 2 unspecified atom stereocenters. The molecule has 0 saturated heterocycles. The second-order valence-electron chi connectivity index (χ2n) is 3.30. The lowest BCUT2D eigenvalue weighted by Gasteiger charge is -2.03. The van der Waals surface area contributed by atoms with Gasteiger partial charge in [-0.1, -0.05) is 6.07 Å². The van der Waals surface area contributed by atoms with Gasteiger partial charge in [-0.05, 0) is 18.6 Å². The number of aromatic nitrogens is 1. The Morgan fingerprint density at radius 1 is 1.47 bits per heavy atom. The van der Waals surface area contributed by atoms with Crippen molar-refractivity contribution >= 4 is 22.4 Å². The minimum atomic E-state index is -3.47. The number of halogens is 1. The third-order valence-corrected chi connectivity index (χ3v) is 3.46. The Morgan fingerprint density at radius 2 is 2.13 bits per heavy atom. The van der Waals surface area contributed by atoms with Crippen molar-refractivity contribution in [3.05, 3.63) is 24.4 Å². The molecule has 5 nitrogen and oxygen atoms in total. The van der Waals surface area contributed by atoms with Crippen molar-refractivity contribution in [2.75, 3.05) is 0 Å². The van der Waals surface area contributed by atoms with Crippen molar-refractivity contribution in [3.8, 4) is 0 Å². The molecule has 1 aliphatic rings. The molecule has 0 bridgehead atoms. The highest BCUT2D eigenvalue weighted by Gasteiger charge is 2.37. The minimum Gasteiger partial charge on any atom is -0.326 e. The van der Waals surface area contributed by atoms with Gasteiger partial charge in [0.1, 0.15) is 0 Å². The Hall–Kier alpha value is -0.690. The second kappa shape index (κ2) is 4.44. The standard InChI is InChI=1S/C8H11N3O2S.ClH/c9-6-5-7(6)11-14(12,13)8-3-1-2-4-10-8;/h1-4,6-7,11H,5,9H2;1H. The van der Waals surface area contributed by atoms with Gasteiger partial charge in [0.15, 0.2) is 5.03 Å². The van der Waals surface area contributed by atoms with Gasteiger partial charge in [-0.3, -0.25) is 0 Å². The summed E-state index contributed by atoms with van der Waals surface area (Å²) >= 11 is 0. The molecule has 2 atom stereocenters. The number of nitrogens with two attached hydrogens (primary N) is 1. The zero-order valence-electron chi connectivity index (χ0n) is 7.83. The molecule has 0 spiro atoms. The molecule has 1 aromatic heterocycles. The van der Waals surface area contributed by atoms with Gasteiger partial charge in [-0.25, -0.2) is 18.1 Å². The largest absolute Gasteiger partial charge is 0.326 e. The van der Waals surface area contributed by atoms with E-state index in [0.717, 1.165) is 0 Å².